The summed E-state index contributed by atoms with van der Waals surface area (Å²) in [5.74, 6) is -0.195. The number of rotatable bonds is 8. The molecule has 2 aromatic carbocycles. The van der Waals surface area contributed by atoms with Crippen LogP contribution in [0, 0.1) is 0 Å². The molecule has 0 aromatic heterocycles. The number of sulfonamides is 1. The first-order chi connectivity index (χ1) is 12.8. The van der Waals surface area contributed by atoms with Crippen LogP contribution in [-0.2, 0) is 21.2 Å². The topological polar surface area (TPSA) is 66.5 Å². The monoisotopic (exact) mass is 428 g/mol. The van der Waals surface area contributed by atoms with Crippen molar-refractivity contribution in [3.05, 3.63) is 58.1 Å². The van der Waals surface area contributed by atoms with Gasteiger partial charge in [-0.2, -0.15) is 4.31 Å². The third-order valence-electron chi connectivity index (χ3n) is 4.13. The van der Waals surface area contributed by atoms with Crippen molar-refractivity contribution in [3.8, 4) is 0 Å². The van der Waals surface area contributed by atoms with E-state index < -0.39 is 10.0 Å². The van der Waals surface area contributed by atoms with Crippen LogP contribution in [0.15, 0.2) is 47.4 Å². The number of aryl methyl sites for hydroxylation is 1. The highest BCUT2D eigenvalue weighted by molar-refractivity contribution is 7.89. The summed E-state index contributed by atoms with van der Waals surface area (Å²) in [5, 5.41) is 3.41. The highest BCUT2D eigenvalue weighted by Crippen LogP contribution is 2.29. The van der Waals surface area contributed by atoms with Crippen molar-refractivity contribution < 1.29 is 13.2 Å². The number of benzene rings is 2. The molecule has 0 radical (unpaired) electrons. The minimum atomic E-state index is -3.47. The Balaban J connectivity index is 1.99. The zero-order chi connectivity index (χ0) is 20.0. The van der Waals surface area contributed by atoms with Gasteiger partial charge in [-0.15, -0.1) is 0 Å². The zero-order valence-electron chi connectivity index (χ0n) is 15.2. The third-order valence-corrected chi connectivity index (χ3v) is 7.02. The molecule has 2 aromatic rings. The van der Waals surface area contributed by atoms with E-state index in [2.05, 4.69) is 5.32 Å². The third kappa shape index (κ3) is 5.45. The standard InChI is InChI=1S/C19H22Cl2N2O3S/c1-3-23(4-2)27(25,26)15-11-8-14(9-12-15)10-13-18(24)22-17-7-5-6-16(20)19(17)21/h5-9,11-12H,3-4,10,13H2,1-2H3,(H,22,24). The minimum Gasteiger partial charge on any atom is -0.325 e. The summed E-state index contributed by atoms with van der Waals surface area (Å²) in [6.45, 7) is 4.46. The van der Waals surface area contributed by atoms with E-state index in [4.69, 9.17) is 23.2 Å². The average Bonchev–Trinajstić information content (AvgIpc) is 2.65. The predicted octanol–water partition coefficient (Wildman–Crippen LogP) is 4.60. The summed E-state index contributed by atoms with van der Waals surface area (Å²) in [6.07, 6.45) is 0.723. The van der Waals surface area contributed by atoms with E-state index in [-0.39, 0.29) is 17.2 Å². The molecule has 0 aliphatic heterocycles. The second kappa shape index (κ2) is 9.55. The van der Waals surface area contributed by atoms with Gasteiger partial charge < -0.3 is 5.32 Å². The molecule has 1 N–H and O–H groups in total. The Hall–Kier alpha value is -1.60. The molecule has 0 aliphatic carbocycles. The molecule has 27 heavy (non-hydrogen) atoms. The molecular weight excluding hydrogens is 407 g/mol. The molecule has 0 spiro atoms. The first-order valence-corrected chi connectivity index (χ1v) is 10.8. The van der Waals surface area contributed by atoms with Crippen molar-refractivity contribution >= 4 is 44.8 Å². The highest BCUT2D eigenvalue weighted by atomic mass is 35.5. The molecule has 8 heteroatoms. The van der Waals surface area contributed by atoms with Crippen LogP contribution in [0.1, 0.15) is 25.8 Å². The maximum Gasteiger partial charge on any atom is 0.243 e. The van der Waals surface area contributed by atoms with Gasteiger partial charge in [-0.1, -0.05) is 55.2 Å². The Bertz CT molecular complexity index is 896. The van der Waals surface area contributed by atoms with Gasteiger partial charge in [0.05, 0.1) is 20.6 Å². The van der Waals surface area contributed by atoms with E-state index >= 15 is 0 Å². The number of halogens is 2. The average molecular weight is 429 g/mol. The number of amides is 1. The Morgan fingerprint density at radius 3 is 2.26 bits per heavy atom. The highest BCUT2D eigenvalue weighted by Gasteiger charge is 2.21. The maximum atomic E-state index is 12.5. The number of carbonyl (C=O) groups excluding carboxylic acids is 1. The number of anilines is 1. The van der Waals surface area contributed by atoms with Gasteiger partial charge in [0.2, 0.25) is 15.9 Å². The molecule has 0 fully saturated rings. The SMILES string of the molecule is CCN(CC)S(=O)(=O)c1ccc(CCC(=O)Nc2cccc(Cl)c2Cl)cc1. The predicted molar refractivity (Wildman–Crippen MR) is 110 cm³/mol. The Labute approximate surface area is 170 Å². The fourth-order valence-corrected chi connectivity index (χ4v) is 4.42. The molecule has 0 saturated carbocycles. The largest absolute Gasteiger partial charge is 0.325 e. The molecular formula is C19H22Cl2N2O3S. The van der Waals surface area contributed by atoms with Crippen molar-refractivity contribution in [2.75, 3.05) is 18.4 Å². The van der Waals surface area contributed by atoms with Crippen molar-refractivity contribution in [2.24, 2.45) is 0 Å². The summed E-state index contributed by atoms with van der Waals surface area (Å²) >= 11 is 12.0. The number of hydrogen-bond acceptors (Lipinski definition) is 3. The molecule has 0 bridgehead atoms. The van der Waals surface area contributed by atoms with Crippen LogP contribution in [0.4, 0.5) is 5.69 Å². The van der Waals surface area contributed by atoms with E-state index in [1.165, 1.54) is 4.31 Å². The second-order valence-electron chi connectivity index (χ2n) is 5.88. The molecule has 0 unspecified atom stereocenters. The van der Waals surface area contributed by atoms with Crippen LogP contribution >= 0.6 is 23.2 Å². The van der Waals surface area contributed by atoms with Gasteiger partial charge in [-0.25, -0.2) is 8.42 Å². The van der Waals surface area contributed by atoms with Crippen molar-refractivity contribution in [1.82, 2.24) is 4.31 Å². The summed E-state index contributed by atoms with van der Waals surface area (Å²) in [7, 11) is -3.47. The fourth-order valence-electron chi connectivity index (χ4n) is 2.61. The zero-order valence-corrected chi connectivity index (χ0v) is 17.5. The molecule has 146 valence electrons. The number of hydrogen-bond donors (Lipinski definition) is 1. The van der Waals surface area contributed by atoms with Crippen LogP contribution in [-0.4, -0.2) is 31.7 Å². The smallest absolute Gasteiger partial charge is 0.243 e. The van der Waals surface area contributed by atoms with Gasteiger partial charge >= 0.3 is 0 Å². The second-order valence-corrected chi connectivity index (χ2v) is 8.61. The first kappa shape index (κ1) is 21.7. The lowest BCUT2D eigenvalue weighted by molar-refractivity contribution is -0.116. The van der Waals surface area contributed by atoms with Gasteiger partial charge in [-0.05, 0) is 36.2 Å². The number of nitrogens with zero attached hydrogens (tertiary/aromatic N) is 1. The molecule has 0 atom stereocenters. The van der Waals surface area contributed by atoms with Gasteiger partial charge in [-0.3, -0.25) is 4.79 Å². The van der Waals surface area contributed by atoms with E-state index in [0.717, 1.165) is 5.56 Å². The van der Waals surface area contributed by atoms with Crippen LogP contribution < -0.4 is 5.32 Å². The van der Waals surface area contributed by atoms with Gasteiger partial charge in [0.15, 0.2) is 0 Å². The van der Waals surface area contributed by atoms with Crippen molar-refractivity contribution in [3.63, 3.8) is 0 Å². The molecule has 5 nitrogen and oxygen atoms in total. The Kier molecular flexibility index (Phi) is 7.68. The van der Waals surface area contributed by atoms with E-state index in [1.54, 1.807) is 56.3 Å². The summed E-state index contributed by atoms with van der Waals surface area (Å²) in [6, 6.07) is 11.7. The molecule has 1 amide bonds. The first-order valence-electron chi connectivity index (χ1n) is 8.62. The van der Waals surface area contributed by atoms with Gasteiger partial charge in [0.25, 0.3) is 0 Å². The quantitative estimate of drug-likeness (QED) is 0.667. The summed E-state index contributed by atoms with van der Waals surface area (Å²) in [4.78, 5) is 12.4. The lowest BCUT2D eigenvalue weighted by Gasteiger charge is -2.18. The lowest BCUT2D eigenvalue weighted by atomic mass is 10.1. The van der Waals surface area contributed by atoms with Crippen molar-refractivity contribution in [1.29, 1.82) is 0 Å². The molecule has 2 rings (SSSR count). The maximum absolute atomic E-state index is 12.5. The molecule has 0 saturated heterocycles. The fraction of sp³-hybridized carbons (Fsp3) is 0.316. The van der Waals surface area contributed by atoms with E-state index in [1.807, 2.05) is 0 Å². The minimum absolute atomic E-state index is 0.195. The summed E-state index contributed by atoms with van der Waals surface area (Å²) in [5.41, 5.74) is 1.34. The van der Waals surface area contributed by atoms with Crippen LogP contribution in [0.25, 0.3) is 0 Å². The van der Waals surface area contributed by atoms with Gasteiger partial charge in [0, 0.05) is 19.5 Å². The number of nitrogens with one attached hydrogen (secondary N) is 1. The van der Waals surface area contributed by atoms with Crippen molar-refractivity contribution in [2.45, 2.75) is 31.6 Å². The molecule has 0 aliphatic rings. The van der Waals surface area contributed by atoms with E-state index in [0.29, 0.717) is 35.2 Å². The Morgan fingerprint density at radius 1 is 1.04 bits per heavy atom. The van der Waals surface area contributed by atoms with E-state index in [9.17, 15) is 13.2 Å². The normalized spacial score (nSPS) is 11.6. The lowest BCUT2D eigenvalue weighted by Crippen LogP contribution is -2.30. The summed E-state index contributed by atoms with van der Waals surface area (Å²) < 4.78 is 26.4. The Morgan fingerprint density at radius 2 is 1.67 bits per heavy atom. The van der Waals surface area contributed by atoms with Crippen LogP contribution in [0.2, 0.25) is 10.0 Å². The van der Waals surface area contributed by atoms with Gasteiger partial charge in [0.1, 0.15) is 0 Å². The molecule has 0 heterocycles. The van der Waals surface area contributed by atoms with Crippen LogP contribution in [0.5, 0.6) is 0 Å². The number of carbonyl (C=O) groups is 1. The van der Waals surface area contributed by atoms with Crippen LogP contribution in [0.3, 0.4) is 0 Å².